The summed E-state index contributed by atoms with van der Waals surface area (Å²) in [6.07, 6.45) is 1.27. The highest BCUT2D eigenvalue weighted by Crippen LogP contribution is 2.22. The second-order valence-electron chi connectivity index (χ2n) is 6.33. The Kier molecular flexibility index (Phi) is 7.77. The Balaban J connectivity index is 0.000000232. The summed E-state index contributed by atoms with van der Waals surface area (Å²) in [6.45, 7) is 1.98. The molecular formula is C23H17BrO6. The summed E-state index contributed by atoms with van der Waals surface area (Å²) in [5.41, 5.74) is 3.70. The van der Waals surface area contributed by atoms with Gasteiger partial charge in [0.25, 0.3) is 0 Å². The van der Waals surface area contributed by atoms with Gasteiger partial charge in [-0.3, -0.25) is 9.59 Å². The Bertz CT molecular complexity index is 1100. The smallest absolute Gasteiger partial charge is 0.335 e. The Morgan fingerprint density at radius 1 is 0.733 bits per heavy atom. The maximum absolute atomic E-state index is 11.0. The highest BCUT2D eigenvalue weighted by molar-refractivity contribution is 9.10. The van der Waals surface area contributed by atoms with E-state index in [4.69, 9.17) is 10.2 Å². The minimum Gasteiger partial charge on any atom is -0.478 e. The van der Waals surface area contributed by atoms with Crippen LogP contribution in [0.1, 0.15) is 47.0 Å². The Morgan fingerprint density at radius 3 is 1.73 bits per heavy atom. The van der Waals surface area contributed by atoms with Crippen LogP contribution in [-0.4, -0.2) is 34.7 Å². The zero-order valence-electron chi connectivity index (χ0n) is 15.8. The van der Waals surface area contributed by atoms with Crippen molar-refractivity contribution in [1.82, 2.24) is 0 Å². The van der Waals surface area contributed by atoms with Crippen LogP contribution in [0.2, 0.25) is 0 Å². The summed E-state index contributed by atoms with van der Waals surface area (Å²) < 4.78 is 0.588. The van der Waals surface area contributed by atoms with Gasteiger partial charge >= 0.3 is 11.9 Å². The Morgan fingerprint density at radius 2 is 1.23 bits per heavy atom. The van der Waals surface area contributed by atoms with Crippen LogP contribution in [0, 0.1) is 6.92 Å². The maximum Gasteiger partial charge on any atom is 0.335 e. The normalized spacial score (nSPS) is 9.80. The number of carbonyl (C=O) groups is 4. The lowest BCUT2D eigenvalue weighted by atomic mass is 9.99. The third-order valence-electron chi connectivity index (χ3n) is 4.03. The van der Waals surface area contributed by atoms with Crippen molar-refractivity contribution in [1.29, 1.82) is 0 Å². The van der Waals surface area contributed by atoms with E-state index in [1.165, 1.54) is 18.2 Å². The van der Waals surface area contributed by atoms with Crippen LogP contribution in [-0.2, 0) is 0 Å². The SMILES string of the molecule is Cc1ccc(-c2cc(C=O)cc(C(=O)O)c2)cc1.O=Cc1cc(Br)cc(C(=O)O)c1. The first-order valence-corrected chi connectivity index (χ1v) is 9.42. The largest absolute Gasteiger partial charge is 0.478 e. The van der Waals surface area contributed by atoms with E-state index in [9.17, 15) is 19.2 Å². The number of aryl methyl sites for hydroxylation is 1. The monoisotopic (exact) mass is 468 g/mol. The molecule has 7 heteroatoms. The van der Waals surface area contributed by atoms with Crippen LogP contribution in [0.4, 0.5) is 0 Å². The highest BCUT2D eigenvalue weighted by atomic mass is 79.9. The molecule has 0 saturated heterocycles. The predicted molar refractivity (Wildman–Crippen MR) is 115 cm³/mol. The van der Waals surface area contributed by atoms with Crippen LogP contribution >= 0.6 is 15.9 Å². The second-order valence-corrected chi connectivity index (χ2v) is 7.24. The van der Waals surface area contributed by atoms with Crippen LogP contribution in [0.25, 0.3) is 11.1 Å². The first-order chi connectivity index (χ1) is 14.2. The van der Waals surface area contributed by atoms with E-state index in [0.29, 0.717) is 28.2 Å². The van der Waals surface area contributed by atoms with E-state index < -0.39 is 11.9 Å². The average Bonchev–Trinajstić information content (AvgIpc) is 2.73. The standard InChI is InChI=1S/C15H12O3.C8H5BrO3/c1-10-2-4-12(5-3-10)13-6-11(9-16)7-14(8-13)15(17)18;9-7-2-5(4-10)1-6(3-7)8(11)12/h2-9H,1H3,(H,17,18);1-4H,(H,11,12). The fourth-order valence-electron chi connectivity index (χ4n) is 2.56. The van der Waals surface area contributed by atoms with Gasteiger partial charge in [0.05, 0.1) is 11.1 Å². The molecule has 0 spiro atoms. The highest BCUT2D eigenvalue weighted by Gasteiger charge is 2.08. The molecule has 0 aliphatic rings. The van der Waals surface area contributed by atoms with Gasteiger partial charge in [0, 0.05) is 15.6 Å². The third-order valence-corrected chi connectivity index (χ3v) is 4.48. The molecule has 30 heavy (non-hydrogen) atoms. The van der Waals surface area contributed by atoms with Crippen molar-refractivity contribution < 1.29 is 29.4 Å². The van der Waals surface area contributed by atoms with Crippen LogP contribution in [0.3, 0.4) is 0 Å². The molecule has 0 amide bonds. The van der Waals surface area contributed by atoms with Crippen LogP contribution in [0.15, 0.2) is 65.1 Å². The number of aldehydes is 2. The molecule has 0 fully saturated rings. The lowest BCUT2D eigenvalue weighted by Crippen LogP contribution is -1.98. The zero-order valence-corrected chi connectivity index (χ0v) is 17.4. The van der Waals surface area contributed by atoms with Gasteiger partial charge in [0.2, 0.25) is 0 Å². The number of hydrogen-bond donors (Lipinski definition) is 2. The van der Waals surface area contributed by atoms with Gasteiger partial charge < -0.3 is 10.2 Å². The van der Waals surface area contributed by atoms with E-state index in [-0.39, 0.29) is 11.1 Å². The van der Waals surface area contributed by atoms with Gasteiger partial charge in [0.1, 0.15) is 12.6 Å². The number of hydrogen-bond acceptors (Lipinski definition) is 4. The Hall–Kier alpha value is -3.58. The first kappa shape index (κ1) is 22.7. The van der Waals surface area contributed by atoms with Crippen LogP contribution < -0.4 is 0 Å². The van der Waals surface area contributed by atoms with Gasteiger partial charge in [0.15, 0.2) is 0 Å². The van der Waals surface area contributed by atoms with Gasteiger partial charge in [-0.15, -0.1) is 0 Å². The molecule has 6 nitrogen and oxygen atoms in total. The average molecular weight is 469 g/mol. The van der Waals surface area contributed by atoms with E-state index in [0.717, 1.165) is 16.7 Å². The molecule has 0 aliphatic carbocycles. The molecule has 0 unspecified atom stereocenters. The number of halogens is 1. The number of carboxylic acids is 2. The van der Waals surface area contributed by atoms with Crippen molar-refractivity contribution in [2.45, 2.75) is 6.92 Å². The minimum absolute atomic E-state index is 0.103. The first-order valence-electron chi connectivity index (χ1n) is 8.63. The molecule has 0 aromatic heterocycles. The molecule has 0 aliphatic heterocycles. The summed E-state index contributed by atoms with van der Waals surface area (Å²) in [7, 11) is 0. The number of carboxylic acid groups (broad SMARTS) is 2. The lowest BCUT2D eigenvalue weighted by molar-refractivity contribution is 0.0686. The van der Waals surface area contributed by atoms with Crippen molar-refractivity contribution in [3.8, 4) is 11.1 Å². The summed E-state index contributed by atoms with van der Waals surface area (Å²) >= 11 is 3.10. The molecular weight excluding hydrogens is 452 g/mol. The third kappa shape index (κ3) is 6.22. The second kappa shape index (κ2) is 10.3. The minimum atomic E-state index is -1.04. The van der Waals surface area contributed by atoms with Gasteiger partial charge in [-0.05, 0) is 54.4 Å². The maximum atomic E-state index is 11.0. The summed E-state index contributed by atoms with van der Waals surface area (Å²) in [5.74, 6) is -2.08. The number of carbonyl (C=O) groups excluding carboxylic acids is 2. The molecule has 0 radical (unpaired) electrons. The molecule has 3 aromatic rings. The van der Waals surface area contributed by atoms with E-state index in [2.05, 4.69) is 15.9 Å². The molecule has 152 valence electrons. The molecule has 0 heterocycles. The molecule has 0 atom stereocenters. The number of benzene rings is 3. The molecule has 2 N–H and O–H groups in total. The van der Waals surface area contributed by atoms with Crippen molar-refractivity contribution in [2.24, 2.45) is 0 Å². The summed E-state index contributed by atoms with van der Waals surface area (Å²) in [6, 6.07) is 16.6. The fourth-order valence-corrected chi connectivity index (χ4v) is 3.07. The van der Waals surface area contributed by atoms with Crippen LogP contribution in [0.5, 0.6) is 0 Å². The van der Waals surface area contributed by atoms with E-state index in [1.807, 2.05) is 31.2 Å². The predicted octanol–water partition coefficient (Wildman–Crippen LogP) is 5.13. The molecule has 0 bridgehead atoms. The zero-order chi connectivity index (χ0) is 22.3. The molecule has 0 saturated carbocycles. The summed E-state index contributed by atoms with van der Waals surface area (Å²) in [5, 5.41) is 17.6. The van der Waals surface area contributed by atoms with Crippen molar-refractivity contribution in [3.05, 3.63) is 93.0 Å². The topological polar surface area (TPSA) is 109 Å². The Labute approximate surface area is 180 Å². The quantitative estimate of drug-likeness (QED) is 0.502. The van der Waals surface area contributed by atoms with Crippen molar-refractivity contribution in [3.63, 3.8) is 0 Å². The van der Waals surface area contributed by atoms with Crippen molar-refractivity contribution in [2.75, 3.05) is 0 Å². The van der Waals surface area contributed by atoms with Crippen molar-refractivity contribution >= 4 is 40.4 Å². The van der Waals surface area contributed by atoms with Gasteiger partial charge in [-0.2, -0.15) is 0 Å². The number of rotatable bonds is 5. The lowest BCUT2D eigenvalue weighted by Gasteiger charge is -2.05. The fraction of sp³-hybridized carbons (Fsp3) is 0.0435. The number of aromatic carboxylic acids is 2. The molecule has 3 rings (SSSR count). The van der Waals surface area contributed by atoms with Gasteiger partial charge in [-0.25, -0.2) is 9.59 Å². The van der Waals surface area contributed by atoms with Gasteiger partial charge in [-0.1, -0.05) is 45.8 Å². The summed E-state index contributed by atoms with van der Waals surface area (Å²) in [4.78, 5) is 42.6. The van der Waals surface area contributed by atoms with E-state index >= 15 is 0 Å². The molecule has 3 aromatic carbocycles. The van der Waals surface area contributed by atoms with E-state index in [1.54, 1.807) is 18.2 Å².